The van der Waals surface area contributed by atoms with Gasteiger partial charge in [0.15, 0.2) is 0 Å². The normalized spacial score (nSPS) is 19.6. The second-order valence-electron chi connectivity index (χ2n) is 4.41. The first-order valence-corrected chi connectivity index (χ1v) is 5.94. The molecule has 0 aromatic heterocycles. The molecule has 0 amide bonds. The number of nitrogens with one attached hydrogen (secondary N) is 2. The molecular weight excluding hydrogens is 203 g/mol. The minimum absolute atomic E-state index is 0.163. The predicted octanol–water partition coefficient (Wildman–Crippen LogP) is 2.09. The summed E-state index contributed by atoms with van der Waals surface area (Å²) in [6.45, 7) is 2.17. The van der Waals surface area contributed by atoms with Gasteiger partial charge in [-0.2, -0.15) is 0 Å². The Morgan fingerprint density at radius 1 is 1.25 bits per heavy atom. The van der Waals surface area contributed by atoms with Crippen LogP contribution < -0.4 is 10.6 Å². The number of hydrogen-bond acceptors (Lipinski definition) is 2. The molecule has 1 unspecified atom stereocenters. The van der Waals surface area contributed by atoms with Crippen LogP contribution >= 0.6 is 0 Å². The number of rotatable bonds is 3. The van der Waals surface area contributed by atoms with E-state index in [9.17, 15) is 4.39 Å². The monoisotopic (exact) mass is 222 g/mol. The summed E-state index contributed by atoms with van der Waals surface area (Å²) in [6, 6.07) is 7.21. The average molecular weight is 222 g/mol. The van der Waals surface area contributed by atoms with E-state index in [-0.39, 0.29) is 5.82 Å². The van der Waals surface area contributed by atoms with Crippen molar-refractivity contribution in [1.29, 1.82) is 0 Å². The highest BCUT2D eigenvalue weighted by Crippen LogP contribution is 2.28. The maximum absolute atomic E-state index is 12.9. The first-order chi connectivity index (χ1) is 7.81. The molecule has 1 aliphatic rings. The van der Waals surface area contributed by atoms with E-state index in [0.29, 0.717) is 12.0 Å². The van der Waals surface area contributed by atoms with Crippen LogP contribution in [0.4, 0.5) is 4.39 Å². The topological polar surface area (TPSA) is 24.1 Å². The summed E-state index contributed by atoms with van der Waals surface area (Å²) in [5, 5.41) is 6.72. The summed E-state index contributed by atoms with van der Waals surface area (Å²) < 4.78 is 12.9. The lowest BCUT2D eigenvalue weighted by molar-refractivity contribution is 0.294. The molecule has 0 aliphatic carbocycles. The van der Waals surface area contributed by atoms with Crippen LogP contribution in [-0.2, 0) is 0 Å². The van der Waals surface area contributed by atoms with Crippen molar-refractivity contribution in [2.24, 2.45) is 5.92 Å². The SMILES string of the molecule is CNC(c1ccc(F)cc1)C1CCNCC1. The number of halogens is 1. The lowest BCUT2D eigenvalue weighted by Crippen LogP contribution is -2.35. The Kier molecular flexibility index (Phi) is 3.91. The maximum atomic E-state index is 12.9. The van der Waals surface area contributed by atoms with Crippen molar-refractivity contribution < 1.29 is 4.39 Å². The van der Waals surface area contributed by atoms with Crippen LogP contribution in [0.15, 0.2) is 24.3 Å². The van der Waals surface area contributed by atoms with Gasteiger partial charge in [-0.25, -0.2) is 4.39 Å². The summed E-state index contributed by atoms with van der Waals surface area (Å²) >= 11 is 0. The van der Waals surface area contributed by atoms with Crippen molar-refractivity contribution >= 4 is 0 Å². The lowest BCUT2D eigenvalue weighted by atomic mass is 9.86. The molecule has 0 radical (unpaired) electrons. The van der Waals surface area contributed by atoms with Crippen LogP contribution in [-0.4, -0.2) is 20.1 Å². The van der Waals surface area contributed by atoms with Gasteiger partial charge in [0, 0.05) is 6.04 Å². The molecule has 1 aromatic carbocycles. The molecule has 1 fully saturated rings. The highest BCUT2D eigenvalue weighted by molar-refractivity contribution is 5.20. The van der Waals surface area contributed by atoms with Gasteiger partial charge in [0.05, 0.1) is 0 Å². The highest BCUT2D eigenvalue weighted by atomic mass is 19.1. The van der Waals surface area contributed by atoms with Gasteiger partial charge in [0.1, 0.15) is 5.82 Å². The lowest BCUT2D eigenvalue weighted by Gasteiger charge is -2.30. The molecule has 2 rings (SSSR count). The van der Waals surface area contributed by atoms with Crippen LogP contribution in [0.3, 0.4) is 0 Å². The van der Waals surface area contributed by atoms with Crippen molar-refractivity contribution in [3.63, 3.8) is 0 Å². The van der Waals surface area contributed by atoms with E-state index in [1.54, 1.807) is 12.1 Å². The minimum Gasteiger partial charge on any atom is -0.317 e. The van der Waals surface area contributed by atoms with E-state index in [1.165, 1.54) is 18.4 Å². The van der Waals surface area contributed by atoms with Crippen molar-refractivity contribution in [3.05, 3.63) is 35.6 Å². The second-order valence-corrected chi connectivity index (χ2v) is 4.41. The predicted molar refractivity (Wildman–Crippen MR) is 63.8 cm³/mol. The average Bonchev–Trinajstić information content (AvgIpc) is 2.34. The molecule has 1 atom stereocenters. The van der Waals surface area contributed by atoms with Gasteiger partial charge in [-0.3, -0.25) is 0 Å². The summed E-state index contributed by atoms with van der Waals surface area (Å²) in [6.07, 6.45) is 2.37. The Morgan fingerprint density at radius 3 is 2.44 bits per heavy atom. The zero-order valence-corrected chi connectivity index (χ0v) is 9.67. The number of hydrogen-bond donors (Lipinski definition) is 2. The Balaban J connectivity index is 2.11. The van der Waals surface area contributed by atoms with Gasteiger partial charge in [-0.15, -0.1) is 0 Å². The van der Waals surface area contributed by atoms with Crippen molar-refractivity contribution in [2.75, 3.05) is 20.1 Å². The number of benzene rings is 1. The number of piperidine rings is 1. The molecule has 1 aromatic rings. The van der Waals surface area contributed by atoms with Crippen LogP contribution in [0.1, 0.15) is 24.4 Å². The Hall–Kier alpha value is -0.930. The van der Waals surface area contributed by atoms with E-state index >= 15 is 0 Å². The third kappa shape index (κ3) is 2.60. The fourth-order valence-electron chi connectivity index (χ4n) is 2.52. The summed E-state index contributed by atoms with van der Waals surface area (Å²) in [7, 11) is 1.98. The molecule has 0 bridgehead atoms. The van der Waals surface area contributed by atoms with Crippen LogP contribution in [0.2, 0.25) is 0 Å². The van der Waals surface area contributed by atoms with E-state index in [2.05, 4.69) is 10.6 Å². The highest BCUT2D eigenvalue weighted by Gasteiger charge is 2.23. The van der Waals surface area contributed by atoms with Crippen LogP contribution in [0.5, 0.6) is 0 Å². The van der Waals surface area contributed by atoms with E-state index in [0.717, 1.165) is 13.1 Å². The van der Waals surface area contributed by atoms with Crippen LogP contribution in [0.25, 0.3) is 0 Å². The third-order valence-corrected chi connectivity index (χ3v) is 3.40. The third-order valence-electron chi connectivity index (χ3n) is 3.40. The quantitative estimate of drug-likeness (QED) is 0.818. The van der Waals surface area contributed by atoms with Gasteiger partial charge in [-0.05, 0) is 56.6 Å². The molecule has 1 saturated heterocycles. The molecule has 16 heavy (non-hydrogen) atoms. The zero-order chi connectivity index (χ0) is 11.4. The largest absolute Gasteiger partial charge is 0.317 e. The molecule has 1 aliphatic heterocycles. The zero-order valence-electron chi connectivity index (χ0n) is 9.67. The summed E-state index contributed by atoms with van der Waals surface area (Å²) in [5.74, 6) is 0.487. The molecule has 2 N–H and O–H groups in total. The first-order valence-electron chi connectivity index (χ1n) is 5.94. The minimum atomic E-state index is -0.163. The Bertz CT molecular complexity index is 317. The molecule has 2 nitrogen and oxygen atoms in total. The molecule has 88 valence electrons. The van der Waals surface area contributed by atoms with Crippen molar-refractivity contribution in [3.8, 4) is 0 Å². The van der Waals surface area contributed by atoms with Crippen molar-refractivity contribution in [1.82, 2.24) is 10.6 Å². The van der Waals surface area contributed by atoms with Gasteiger partial charge in [-0.1, -0.05) is 12.1 Å². The van der Waals surface area contributed by atoms with Gasteiger partial charge in [0.25, 0.3) is 0 Å². The van der Waals surface area contributed by atoms with E-state index < -0.39 is 0 Å². The second kappa shape index (κ2) is 5.41. The molecule has 3 heteroatoms. The fraction of sp³-hybridized carbons (Fsp3) is 0.538. The van der Waals surface area contributed by atoms with E-state index in [1.807, 2.05) is 19.2 Å². The summed E-state index contributed by atoms with van der Waals surface area (Å²) in [4.78, 5) is 0. The van der Waals surface area contributed by atoms with Gasteiger partial charge >= 0.3 is 0 Å². The smallest absolute Gasteiger partial charge is 0.123 e. The van der Waals surface area contributed by atoms with Gasteiger partial charge in [0.2, 0.25) is 0 Å². The fourth-order valence-corrected chi connectivity index (χ4v) is 2.52. The standard InChI is InChI=1S/C13H19FN2/c1-15-13(11-6-8-16-9-7-11)10-2-4-12(14)5-3-10/h2-5,11,13,15-16H,6-9H2,1H3. The Labute approximate surface area is 96.2 Å². The van der Waals surface area contributed by atoms with Crippen molar-refractivity contribution in [2.45, 2.75) is 18.9 Å². The summed E-state index contributed by atoms with van der Waals surface area (Å²) in [5.41, 5.74) is 1.19. The molecule has 0 spiro atoms. The molecule has 0 saturated carbocycles. The maximum Gasteiger partial charge on any atom is 0.123 e. The van der Waals surface area contributed by atoms with Gasteiger partial charge < -0.3 is 10.6 Å². The van der Waals surface area contributed by atoms with Crippen LogP contribution in [0, 0.1) is 11.7 Å². The Morgan fingerprint density at radius 2 is 1.88 bits per heavy atom. The molecular formula is C13H19FN2. The first kappa shape index (κ1) is 11.6. The van der Waals surface area contributed by atoms with E-state index in [4.69, 9.17) is 0 Å². The molecule has 1 heterocycles.